The van der Waals surface area contributed by atoms with Crippen LogP contribution in [-0.2, 0) is 13.1 Å². The van der Waals surface area contributed by atoms with E-state index in [1.165, 1.54) is 4.52 Å². The summed E-state index contributed by atoms with van der Waals surface area (Å²) in [7, 11) is 3.66. The molecule has 0 fully saturated rings. The van der Waals surface area contributed by atoms with Crippen molar-refractivity contribution >= 4 is 16.6 Å². The largest absolute Gasteiger partial charge is 0.494 e. The number of nitrogens with zero attached hydrogens (tertiary/aromatic N) is 4. The highest BCUT2D eigenvalue weighted by Crippen LogP contribution is 2.27. The molecule has 7 heteroatoms. The van der Waals surface area contributed by atoms with Crippen LogP contribution >= 0.6 is 0 Å². The molecular formula is C20H21N5O2. The van der Waals surface area contributed by atoms with E-state index in [2.05, 4.69) is 26.0 Å². The van der Waals surface area contributed by atoms with Gasteiger partial charge in [0.15, 0.2) is 5.65 Å². The number of aryl methyl sites for hydroxylation is 1. The number of aromatic nitrogens is 4. The lowest BCUT2D eigenvalue weighted by Gasteiger charge is -2.18. The summed E-state index contributed by atoms with van der Waals surface area (Å²) >= 11 is 0. The Bertz CT molecular complexity index is 1180. The predicted molar refractivity (Wildman–Crippen MR) is 104 cm³/mol. The van der Waals surface area contributed by atoms with E-state index < -0.39 is 0 Å². The van der Waals surface area contributed by atoms with Gasteiger partial charge in [0, 0.05) is 42.5 Å². The molecule has 0 atom stereocenters. The lowest BCUT2D eigenvalue weighted by molar-refractivity contribution is 0.316. The molecule has 27 heavy (non-hydrogen) atoms. The Hall–Kier alpha value is -3.19. The van der Waals surface area contributed by atoms with Crippen LogP contribution in [0.2, 0.25) is 0 Å². The molecule has 0 spiro atoms. The number of benzene rings is 1. The van der Waals surface area contributed by atoms with Gasteiger partial charge in [-0.05, 0) is 31.7 Å². The van der Waals surface area contributed by atoms with Gasteiger partial charge in [0.2, 0.25) is 0 Å². The van der Waals surface area contributed by atoms with Crippen molar-refractivity contribution in [1.82, 2.24) is 24.5 Å². The van der Waals surface area contributed by atoms with Crippen molar-refractivity contribution in [2.24, 2.45) is 0 Å². The molecule has 0 saturated heterocycles. The summed E-state index contributed by atoms with van der Waals surface area (Å²) in [4.78, 5) is 23.4. The standard InChI is InChI=1S/C20H21N5O2/c1-13-9-18-22-15(10-19(26)25(18)23-13)12-24(2)11-14-6-7-17(27-3)20-16(14)5-4-8-21-20/h4-10,23H,11-12H2,1-3H3. The monoisotopic (exact) mass is 363 g/mol. The van der Waals surface area contributed by atoms with Crippen molar-refractivity contribution in [1.29, 1.82) is 0 Å². The maximum absolute atomic E-state index is 12.2. The van der Waals surface area contributed by atoms with Crippen LogP contribution in [0.4, 0.5) is 0 Å². The van der Waals surface area contributed by atoms with Crippen molar-refractivity contribution in [3.05, 3.63) is 69.9 Å². The van der Waals surface area contributed by atoms with E-state index in [-0.39, 0.29) is 5.56 Å². The zero-order valence-electron chi connectivity index (χ0n) is 15.6. The molecule has 3 heterocycles. The highest BCUT2D eigenvalue weighted by Gasteiger charge is 2.11. The summed E-state index contributed by atoms with van der Waals surface area (Å²) in [6, 6.07) is 11.4. The fraction of sp³-hybridized carbons (Fsp3) is 0.250. The van der Waals surface area contributed by atoms with Crippen LogP contribution in [0.25, 0.3) is 16.6 Å². The maximum atomic E-state index is 12.2. The molecule has 0 aliphatic rings. The Morgan fingerprint density at radius 2 is 2.07 bits per heavy atom. The second-order valence-electron chi connectivity index (χ2n) is 6.72. The number of hydrogen-bond donors (Lipinski definition) is 1. The maximum Gasteiger partial charge on any atom is 0.272 e. The number of H-pyrrole nitrogens is 1. The second-order valence-corrected chi connectivity index (χ2v) is 6.72. The third kappa shape index (κ3) is 3.29. The lowest BCUT2D eigenvalue weighted by Crippen LogP contribution is -2.22. The van der Waals surface area contributed by atoms with E-state index in [0.29, 0.717) is 18.7 Å². The first-order chi connectivity index (χ1) is 13.0. The lowest BCUT2D eigenvalue weighted by atomic mass is 10.1. The number of methoxy groups -OCH3 is 1. The van der Waals surface area contributed by atoms with E-state index in [4.69, 9.17) is 4.74 Å². The SMILES string of the molecule is COc1ccc(CN(C)Cc2cc(=O)n3[nH]c(C)cc3n2)c2cccnc12. The number of hydrogen-bond acceptors (Lipinski definition) is 5. The Kier molecular flexibility index (Phi) is 4.37. The van der Waals surface area contributed by atoms with Crippen molar-refractivity contribution in [3.63, 3.8) is 0 Å². The molecule has 1 N–H and O–H groups in total. The Balaban J connectivity index is 1.61. The van der Waals surface area contributed by atoms with E-state index in [9.17, 15) is 4.79 Å². The average molecular weight is 363 g/mol. The van der Waals surface area contributed by atoms with Crippen LogP contribution in [0.5, 0.6) is 5.75 Å². The van der Waals surface area contributed by atoms with Crippen molar-refractivity contribution in [3.8, 4) is 5.75 Å². The molecule has 4 aromatic rings. The number of ether oxygens (including phenoxy) is 1. The molecule has 0 aliphatic heterocycles. The molecule has 7 nitrogen and oxygen atoms in total. The normalized spacial score (nSPS) is 11.6. The van der Waals surface area contributed by atoms with Crippen LogP contribution in [0, 0.1) is 6.92 Å². The highest BCUT2D eigenvalue weighted by molar-refractivity contribution is 5.87. The van der Waals surface area contributed by atoms with Gasteiger partial charge in [0.05, 0.1) is 12.8 Å². The molecule has 0 bridgehead atoms. The fourth-order valence-electron chi connectivity index (χ4n) is 3.37. The Morgan fingerprint density at radius 1 is 1.22 bits per heavy atom. The summed E-state index contributed by atoms with van der Waals surface area (Å²) in [5.74, 6) is 0.764. The number of aromatic amines is 1. The van der Waals surface area contributed by atoms with Crippen molar-refractivity contribution < 1.29 is 4.74 Å². The molecule has 3 aromatic heterocycles. The minimum Gasteiger partial charge on any atom is -0.494 e. The van der Waals surface area contributed by atoms with Crippen molar-refractivity contribution in [2.75, 3.05) is 14.2 Å². The van der Waals surface area contributed by atoms with Gasteiger partial charge < -0.3 is 4.74 Å². The van der Waals surface area contributed by atoms with Gasteiger partial charge in [-0.3, -0.25) is 19.8 Å². The van der Waals surface area contributed by atoms with E-state index in [0.717, 1.165) is 33.6 Å². The smallest absolute Gasteiger partial charge is 0.272 e. The number of nitrogens with one attached hydrogen (secondary N) is 1. The van der Waals surface area contributed by atoms with Gasteiger partial charge in [-0.1, -0.05) is 12.1 Å². The third-order valence-electron chi connectivity index (χ3n) is 4.55. The molecule has 0 unspecified atom stereocenters. The Labute approximate surface area is 156 Å². The van der Waals surface area contributed by atoms with E-state index in [1.54, 1.807) is 19.4 Å². The zero-order valence-corrected chi connectivity index (χ0v) is 15.6. The number of pyridine rings is 1. The summed E-state index contributed by atoms with van der Waals surface area (Å²) in [5.41, 5.74) is 4.20. The van der Waals surface area contributed by atoms with Gasteiger partial charge in [-0.2, -0.15) is 0 Å². The Morgan fingerprint density at radius 3 is 2.89 bits per heavy atom. The molecule has 0 amide bonds. The van der Waals surface area contributed by atoms with Gasteiger partial charge >= 0.3 is 0 Å². The third-order valence-corrected chi connectivity index (χ3v) is 4.55. The number of rotatable bonds is 5. The molecule has 138 valence electrons. The summed E-state index contributed by atoms with van der Waals surface area (Å²) in [6.07, 6.45) is 1.77. The summed E-state index contributed by atoms with van der Waals surface area (Å²) in [6.45, 7) is 3.19. The van der Waals surface area contributed by atoms with Gasteiger partial charge in [-0.15, -0.1) is 0 Å². The fourth-order valence-corrected chi connectivity index (χ4v) is 3.37. The average Bonchev–Trinajstić information content (AvgIpc) is 3.03. The topological polar surface area (TPSA) is 75.5 Å². The zero-order chi connectivity index (χ0) is 19.0. The van der Waals surface area contributed by atoms with Crippen LogP contribution < -0.4 is 10.3 Å². The quantitative estimate of drug-likeness (QED) is 0.590. The first-order valence-electron chi connectivity index (χ1n) is 8.72. The van der Waals surface area contributed by atoms with Crippen LogP contribution in [0.1, 0.15) is 17.0 Å². The van der Waals surface area contributed by atoms with E-state index in [1.807, 2.05) is 38.2 Å². The second kappa shape index (κ2) is 6.85. The van der Waals surface area contributed by atoms with Gasteiger partial charge in [0.25, 0.3) is 5.56 Å². The molecule has 1 aromatic carbocycles. The number of fused-ring (bicyclic) bond motifs is 2. The first-order valence-corrected chi connectivity index (χ1v) is 8.72. The minimum absolute atomic E-state index is 0.101. The minimum atomic E-state index is -0.101. The van der Waals surface area contributed by atoms with Crippen LogP contribution in [0.3, 0.4) is 0 Å². The van der Waals surface area contributed by atoms with Crippen LogP contribution in [-0.4, -0.2) is 38.6 Å². The van der Waals surface area contributed by atoms with Crippen LogP contribution in [0.15, 0.2) is 47.4 Å². The van der Waals surface area contributed by atoms with E-state index >= 15 is 0 Å². The molecule has 4 rings (SSSR count). The summed E-state index contributed by atoms with van der Waals surface area (Å²) in [5, 5.41) is 4.05. The molecule has 0 saturated carbocycles. The highest BCUT2D eigenvalue weighted by atomic mass is 16.5. The molecule has 0 radical (unpaired) electrons. The summed E-state index contributed by atoms with van der Waals surface area (Å²) < 4.78 is 6.87. The first kappa shape index (κ1) is 17.2. The van der Waals surface area contributed by atoms with Crippen molar-refractivity contribution in [2.45, 2.75) is 20.0 Å². The van der Waals surface area contributed by atoms with Gasteiger partial charge in [0.1, 0.15) is 11.3 Å². The molecular weight excluding hydrogens is 342 g/mol. The predicted octanol–water partition coefficient (Wildman–Crippen LogP) is 2.52. The molecule has 0 aliphatic carbocycles. The van der Waals surface area contributed by atoms with Gasteiger partial charge in [-0.25, -0.2) is 9.50 Å².